The average Bonchev–Trinajstić information content (AvgIpc) is 2.64. The summed E-state index contributed by atoms with van der Waals surface area (Å²) in [6, 6.07) is 22.8. The van der Waals surface area contributed by atoms with Crippen LogP contribution in [-0.4, -0.2) is 19.1 Å². The molecule has 2 aromatic carbocycles. The summed E-state index contributed by atoms with van der Waals surface area (Å²) in [5.41, 5.74) is 1.81. The largest absolute Gasteiger partial charge is 0.276 e. The maximum Gasteiger partial charge on any atom is 0.276 e. The van der Waals surface area contributed by atoms with Gasteiger partial charge in [0.2, 0.25) is 0 Å². The maximum absolute atomic E-state index is 12.4. The number of hydrazone groups is 1. The minimum Gasteiger partial charge on any atom is -0.255 e. The zero-order valence-corrected chi connectivity index (χ0v) is 13.5. The molecule has 0 saturated heterocycles. The highest BCUT2D eigenvalue weighted by molar-refractivity contribution is 7.89. The van der Waals surface area contributed by atoms with Gasteiger partial charge in [0.25, 0.3) is 10.0 Å². The molecule has 0 saturated carbocycles. The summed E-state index contributed by atoms with van der Waals surface area (Å²) in [6.07, 6.45) is 1.64. The lowest BCUT2D eigenvalue weighted by atomic mass is 10.1. The van der Waals surface area contributed by atoms with Gasteiger partial charge in [0, 0.05) is 11.8 Å². The third-order valence-electron chi connectivity index (χ3n) is 3.29. The number of hydrogen-bond acceptors (Lipinski definition) is 4. The molecule has 0 aliphatic heterocycles. The van der Waals surface area contributed by atoms with E-state index in [9.17, 15) is 8.42 Å². The molecule has 0 bridgehead atoms. The van der Waals surface area contributed by atoms with Gasteiger partial charge in [-0.15, -0.1) is 0 Å². The van der Waals surface area contributed by atoms with Crippen molar-refractivity contribution in [2.75, 3.05) is 0 Å². The number of pyridine rings is 1. The van der Waals surface area contributed by atoms with Crippen LogP contribution >= 0.6 is 0 Å². The summed E-state index contributed by atoms with van der Waals surface area (Å²) in [4.78, 5) is 6.71. The maximum atomic E-state index is 12.4. The van der Waals surface area contributed by atoms with Crippen LogP contribution in [0, 0.1) is 0 Å². The molecule has 0 aliphatic carbocycles. The van der Waals surface area contributed by atoms with Gasteiger partial charge in [0.1, 0.15) is 5.71 Å². The van der Waals surface area contributed by atoms with E-state index in [1.165, 1.54) is 12.1 Å². The fraction of sp³-hybridized carbons (Fsp3) is 0. The van der Waals surface area contributed by atoms with E-state index >= 15 is 0 Å². The number of sulfonamides is 1. The van der Waals surface area contributed by atoms with Gasteiger partial charge in [-0.1, -0.05) is 54.6 Å². The molecule has 24 heavy (non-hydrogen) atoms. The average molecular weight is 337 g/mol. The Kier molecular flexibility index (Phi) is 4.67. The molecule has 0 radical (unpaired) electrons. The Bertz CT molecular complexity index is 884. The Morgan fingerprint density at radius 3 is 2.08 bits per heavy atom. The molecule has 3 rings (SSSR count). The zero-order valence-electron chi connectivity index (χ0n) is 12.7. The number of hydrogen-bond donors (Lipinski definition) is 1. The second-order valence-corrected chi connectivity index (χ2v) is 6.61. The molecule has 0 unspecified atom stereocenters. The normalized spacial score (nSPS) is 11.9. The zero-order chi connectivity index (χ0) is 16.8. The monoisotopic (exact) mass is 337 g/mol. The Balaban J connectivity index is 1.99. The van der Waals surface area contributed by atoms with Crippen LogP contribution in [0.3, 0.4) is 0 Å². The van der Waals surface area contributed by atoms with Crippen molar-refractivity contribution >= 4 is 15.7 Å². The van der Waals surface area contributed by atoms with Crippen LogP contribution in [0.4, 0.5) is 0 Å². The van der Waals surface area contributed by atoms with Gasteiger partial charge in [-0.25, -0.2) is 0 Å². The van der Waals surface area contributed by atoms with E-state index in [1.807, 2.05) is 36.4 Å². The summed E-state index contributed by atoms with van der Waals surface area (Å²) in [5, 5.41) is 4.13. The van der Waals surface area contributed by atoms with Crippen LogP contribution in [-0.2, 0) is 10.0 Å². The lowest BCUT2D eigenvalue weighted by Crippen LogP contribution is -2.21. The molecule has 0 atom stereocenters. The summed E-state index contributed by atoms with van der Waals surface area (Å²) in [5.74, 6) is 0. The number of nitrogens with zero attached hydrogens (tertiary/aromatic N) is 2. The molecule has 3 aromatic rings. The summed E-state index contributed by atoms with van der Waals surface area (Å²) in [6.45, 7) is 0. The van der Waals surface area contributed by atoms with Crippen LogP contribution in [0.5, 0.6) is 0 Å². The van der Waals surface area contributed by atoms with Gasteiger partial charge in [-0.2, -0.15) is 18.4 Å². The minimum absolute atomic E-state index is 0.155. The number of nitrogens with one attached hydrogen (secondary N) is 1. The summed E-state index contributed by atoms with van der Waals surface area (Å²) >= 11 is 0. The molecule has 0 aliphatic rings. The second kappa shape index (κ2) is 7.06. The number of aromatic nitrogens is 1. The van der Waals surface area contributed by atoms with Gasteiger partial charge >= 0.3 is 0 Å². The Hall–Kier alpha value is -2.99. The van der Waals surface area contributed by atoms with Crippen molar-refractivity contribution in [2.45, 2.75) is 4.90 Å². The molecule has 1 N–H and O–H groups in total. The van der Waals surface area contributed by atoms with Crippen molar-refractivity contribution in [3.05, 3.63) is 96.3 Å². The molecule has 120 valence electrons. The molecule has 1 aromatic heterocycles. The number of rotatable bonds is 5. The molecule has 0 amide bonds. The first kappa shape index (κ1) is 15.9. The highest BCUT2D eigenvalue weighted by Crippen LogP contribution is 2.11. The van der Waals surface area contributed by atoms with Crippen molar-refractivity contribution in [2.24, 2.45) is 5.10 Å². The van der Waals surface area contributed by atoms with Crippen molar-refractivity contribution in [1.82, 2.24) is 9.82 Å². The minimum atomic E-state index is -3.74. The van der Waals surface area contributed by atoms with Gasteiger partial charge in [-0.3, -0.25) is 4.98 Å². The molecule has 5 nitrogen and oxygen atoms in total. The van der Waals surface area contributed by atoms with Gasteiger partial charge in [-0.05, 0) is 24.3 Å². The summed E-state index contributed by atoms with van der Waals surface area (Å²) < 4.78 is 24.7. The first-order valence-corrected chi connectivity index (χ1v) is 8.76. The van der Waals surface area contributed by atoms with Crippen molar-refractivity contribution in [3.63, 3.8) is 0 Å². The van der Waals surface area contributed by atoms with Crippen molar-refractivity contribution in [3.8, 4) is 0 Å². The third kappa shape index (κ3) is 3.67. The van der Waals surface area contributed by atoms with E-state index in [4.69, 9.17) is 0 Å². The van der Waals surface area contributed by atoms with Crippen LogP contribution in [0.15, 0.2) is 95.1 Å². The predicted molar refractivity (Wildman–Crippen MR) is 93.1 cm³/mol. The van der Waals surface area contributed by atoms with E-state index in [1.54, 1.807) is 36.5 Å². The molecule has 0 fully saturated rings. The number of benzene rings is 2. The molecule has 0 spiro atoms. The first-order chi connectivity index (χ1) is 11.7. The van der Waals surface area contributed by atoms with E-state index < -0.39 is 10.0 Å². The Morgan fingerprint density at radius 1 is 0.833 bits per heavy atom. The van der Waals surface area contributed by atoms with Crippen LogP contribution in [0.2, 0.25) is 0 Å². The standard InChI is InChI=1S/C18H15N3O2S/c22-24(23,16-11-5-2-6-12-16)21-20-18(15-9-3-1-4-10-15)17-13-7-8-14-19-17/h1-14,21H. The quantitative estimate of drug-likeness (QED) is 0.575. The van der Waals surface area contributed by atoms with E-state index in [0.29, 0.717) is 11.4 Å². The fourth-order valence-electron chi connectivity index (χ4n) is 2.13. The summed E-state index contributed by atoms with van der Waals surface area (Å²) in [7, 11) is -3.74. The molecule has 6 heteroatoms. The highest BCUT2D eigenvalue weighted by atomic mass is 32.2. The SMILES string of the molecule is O=S(=O)(NN=C(c1ccccc1)c1ccccn1)c1ccccc1. The van der Waals surface area contributed by atoms with E-state index in [-0.39, 0.29) is 4.90 Å². The van der Waals surface area contributed by atoms with E-state index in [2.05, 4.69) is 14.9 Å². The van der Waals surface area contributed by atoms with Crippen molar-refractivity contribution in [1.29, 1.82) is 0 Å². The van der Waals surface area contributed by atoms with Gasteiger partial charge in [0.15, 0.2) is 0 Å². The topological polar surface area (TPSA) is 71.4 Å². The van der Waals surface area contributed by atoms with Gasteiger partial charge in [0.05, 0.1) is 10.6 Å². The molecular weight excluding hydrogens is 322 g/mol. The van der Waals surface area contributed by atoms with Crippen molar-refractivity contribution < 1.29 is 8.42 Å². The first-order valence-electron chi connectivity index (χ1n) is 7.28. The molecule has 1 heterocycles. The molecular formula is C18H15N3O2S. The smallest absolute Gasteiger partial charge is 0.255 e. The second-order valence-electron chi connectivity index (χ2n) is 4.95. The van der Waals surface area contributed by atoms with Crippen LogP contribution < -0.4 is 4.83 Å². The highest BCUT2D eigenvalue weighted by Gasteiger charge is 2.14. The van der Waals surface area contributed by atoms with E-state index in [0.717, 1.165) is 5.56 Å². The fourth-order valence-corrected chi connectivity index (χ4v) is 2.96. The lowest BCUT2D eigenvalue weighted by molar-refractivity contribution is 0.584. The van der Waals surface area contributed by atoms with Crippen LogP contribution in [0.25, 0.3) is 0 Å². The lowest BCUT2D eigenvalue weighted by Gasteiger charge is -2.08. The predicted octanol–water partition coefficient (Wildman–Crippen LogP) is 2.81. The Morgan fingerprint density at radius 2 is 1.46 bits per heavy atom. The van der Waals surface area contributed by atoms with Gasteiger partial charge < -0.3 is 0 Å². The Labute approximate surface area is 140 Å². The third-order valence-corrected chi connectivity index (χ3v) is 4.51. The van der Waals surface area contributed by atoms with Crippen LogP contribution in [0.1, 0.15) is 11.3 Å².